The standard InChI is InChI=1S/C20H21Cl2N3O3/c1-2-3-10-23-19(26)20(27)25-24-12-14-4-8-17(9-5-14)28-13-15-6-7-16(21)11-18(15)22/h4-9,11-12H,2-3,10,13H2,1H3,(H,23,26)(H,25,27)/b24-12-. The summed E-state index contributed by atoms with van der Waals surface area (Å²) >= 11 is 12.0. The van der Waals surface area contributed by atoms with E-state index in [1.807, 2.05) is 13.0 Å². The minimum Gasteiger partial charge on any atom is -0.489 e. The number of ether oxygens (including phenoxy) is 1. The average Bonchev–Trinajstić information content (AvgIpc) is 2.68. The molecule has 2 aromatic carbocycles. The van der Waals surface area contributed by atoms with Crippen LogP contribution >= 0.6 is 23.2 Å². The second kappa shape index (κ2) is 11.3. The van der Waals surface area contributed by atoms with Gasteiger partial charge in [0.25, 0.3) is 0 Å². The summed E-state index contributed by atoms with van der Waals surface area (Å²) in [6.45, 7) is 2.78. The van der Waals surface area contributed by atoms with E-state index >= 15 is 0 Å². The Bertz CT molecular complexity index is 839. The Hall–Kier alpha value is -2.57. The largest absolute Gasteiger partial charge is 0.489 e. The number of amides is 2. The summed E-state index contributed by atoms with van der Waals surface area (Å²) in [5, 5.41) is 7.41. The van der Waals surface area contributed by atoms with Crippen LogP contribution < -0.4 is 15.5 Å². The fourth-order valence-electron chi connectivity index (χ4n) is 2.13. The molecule has 0 aliphatic heterocycles. The van der Waals surface area contributed by atoms with Crippen molar-refractivity contribution >= 4 is 41.2 Å². The number of unbranched alkanes of at least 4 members (excludes halogenated alkanes) is 1. The molecule has 0 bridgehead atoms. The van der Waals surface area contributed by atoms with Gasteiger partial charge in [0.05, 0.1) is 6.21 Å². The molecule has 2 rings (SSSR count). The first-order chi connectivity index (χ1) is 13.5. The molecule has 2 aromatic rings. The smallest absolute Gasteiger partial charge is 0.329 e. The highest BCUT2D eigenvalue weighted by Gasteiger charge is 2.10. The molecule has 0 saturated carbocycles. The third kappa shape index (κ3) is 7.21. The zero-order chi connectivity index (χ0) is 20.4. The fourth-order valence-corrected chi connectivity index (χ4v) is 2.59. The van der Waals surface area contributed by atoms with Crippen molar-refractivity contribution in [2.75, 3.05) is 6.54 Å². The second-order valence-corrected chi connectivity index (χ2v) is 6.75. The van der Waals surface area contributed by atoms with Gasteiger partial charge in [-0.15, -0.1) is 0 Å². The lowest BCUT2D eigenvalue weighted by Crippen LogP contribution is -2.38. The van der Waals surface area contributed by atoms with Gasteiger partial charge in [0.1, 0.15) is 12.4 Å². The molecule has 2 amide bonds. The summed E-state index contributed by atoms with van der Waals surface area (Å²) in [6.07, 6.45) is 3.20. The van der Waals surface area contributed by atoms with Crippen molar-refractivity contribution in [1.29, 1.82) is 0 Å². The van der Waals surface area contributed by atoms with Crippen LogP contribution in [0.5, 0.6) is 5.75 Å². The molecule has 2 N–H and O–H groups in total. The molecule has 28 heavy (non-hydrogen) atoms. The van der Waals surface area contributed by atoms with Crippen molar-refractivity contribution in [2.45, 2.75) is 26.4 Å². The van der Waals surface area contributed by atoms with Crippen LogP contribution in [-0.2, 0) is 16.2 Å². The molecule has 148 valence electrons. The first-order valence-electron chi connectivity index (χ1n) is 8.77. The molecule has 6 nitrogen and oxygen atoms in total. The summed E-state index contributed by atoms with van der Waals surface area (Å²) < 4.78 is 5.69. The highest BCUT2D eigenvalue weighted by molar-refractivity contribution is 6.35. The monoisotopic (exact) mass is 421 g/mol. The third-order valence-electron chi connectivity index (χ3n) is 3.69. The molecule has 0 spiro atoms. The minimum atomic E-state index is -0.799. The van der Waals surface area contributed by atoms with Crippen molar-refractivity contribution in [1.82, 2.24) is 10.7 Å². The molecule has 0 aliphatic carbocycles. The number of hydrogen-bond acceptors (Lipinski definition) is 4. The lowest BCUT2D eigenvalue weighted by atomic mass is 10.2. The van der Waals surface area contributed by atoms with E-state index in [4.69, 9.17) is 27.9 Å². The first-order valence-corrected chi connectivity index (χ1v) is 9.53. The topological polar surface area (TPSA) is 79.8 Å². The highest BCUT2D eigenvalue weighted by Crippen LogP contribution is 2.22. The molecule has 0 radical (unpaired) electrons. The zero-order valence-electron chi connectivity index (χ0n) is 15.4. The maximum absolute atomic E-state index is 11.6. The van der Waals surface area contributed by atoms with Crippen LogP contribution in [0.2, 0.25) is 10.0 Å². The Balaban J connectivity index is 1.81. The van der Waals surface area contributed by atoms with Gasteiger partial charge in [-0.2, -0.15) is 5.10 Å². The number of halogens is 2. The van der Waals surface area contributed by atoms with Crippen molar-refractivity contribution < 1.29 is 14.3 Å². The summed E-state index contributed by atoms with van der Waals surface area (Å²) in [6, 6.07) is 12.3. The fraction of sp³-hybridized carbons (Fsp3) is 0.250. The van der Waals surface area contributed by atoms with E-state index in [9.17, 15) is 9.59 Å². The number of carbonyl (C=O) groups excluding carboxylic acids is 2. The van der Waals surface area contributed by atoms with E-state index in [2.05, 4.69) is 15.8 Å². The van der Waals surface area contributed by atoms with Crippen LogP contribution in [-0.4, -0.2) is 24.6 Å². The van der Waals surface area contributed by atoms with E-state index in [-0.39, 0.29) is 0 Å². The van der Waals surface area contributed by atoms with Crippen LogP contribution in [0.25, 0.3) is 0 Å². The molecule has 0 unspecified atom stereocenters. The van der Waals surface area contributed by atoms with E-state index < -0.39 is 11.8 Å². The molecular formula is C20H21Cl2N3O3. The molecule has 0 fully saturated rings. The Morgan fingerprint density at radius 3 is 2.54 bits per heavy atom. The Morgan fingerprint density at radius 2 is 1.86 bits per heavy atom. The summed E-state index contributed by atoms with van der Waals surface area (Å²) in [5.41, 5.74) is 3.76. The summed E-state index contributed by atoms with van der Waals surface area (Å²) in [4.78, 5) is 23.1. The quantitative estimate of drug-likeness (QED) is 0.293. The number of hydrogen-bond donors (Lipinski definition) is 2. The maximum Gasteiger partial charge on any atom is 0.329 e. The minimum absolute atomic E-state index is 0.312. The predicted octanol–water partition coefficient (Wildman–Crippen LogP) is 3.94. The normalized spacial score (nSPS) is 10.7. The van der Waals surface area contributed by atoms with Crippen LogP contribution in [0, 0.1) is 0 Å². The summed E-state index contributed by atoms with van der Waals surface area (Å²) in [7, 11) is 0. The maximum atomic E-state index is 11.6. The molecule has 0 heterocycles. The Morgan fingerprint density at radius 1 is 1.11 bits per heavy atom. The summed E-state index contributed by atoms with van der Waals surface area (Å²) in [5.74, 6) is -0.843. The number of nitrogens with one attached hydrogen (secondary N) is 2. The average molecular weight is 422 g/mol. The number of hydrazone groups is 1. The van der Waals surface area contributed by atoms with Gasteiger partial charge in [-0.05, 0) is 48.4 Å². The van der Waals surface area contributed by atoms with Crippen molar-refractivity contribution in [3.05, 3.63) is 63.6 Å². The SMILES string of the molecule is CCCCNC(=O)C(=O)N/N=C\c1ccc(OCc2ccc(Cl)cc2Cl)cc1. The number of rotatable bonds is 8. The van der Waals surface area contributed by atoms with Crippen LogP contribution in [0.4, 0.5) is 0 Å². The number of nitrogens with zero attached hydrogens (tertiary/aromatic N) is 1. The first kappa shape index (κ1) is 21.7. The van der Waals surface area contributed by atoms with Gasteiger partial charge in [0.2, 0.25) is 0 Å². The van der Waals surface area contributed by atoms with Gasteiger partial charge in [0.15, 0.2) is 0 Å². The van der Waals surface area contributed by atoms with E-state index in [0.29, 0.717) is 28.9 Å². The second-order valence-electron chi connectivity index (χ2n) is 5.90. The predicted molar refractivity (Wildman–Crippen MR) is 111 cm³/mol. The van der Waals surface area contributed by atoms with Gasteiger partial charge in [-0.1, -0.05) is 42.6 Å². The van der Waals surface area contributed by atoms with Crippen LogP contribution in [0.15, 0.2) is 47.6 Å². The van der Waals surface area contributed by atoms with E-state index in [1.54, 1.807) is 36.4 Å². The Labute approximate surface area is 173 Å². The van der Waals surface area contributed by atoms with Crippen molar-refractivity contribution in [3.8, 4) is 5.75 Å². The van der Waals surface area contributed by atoms with Gasteiger partial charge in [-0.3, -0.25) is 9.59 Å². The van der Waals surface area contributed by atoms with Crippen LogP contribution in [0.3, 0.4) is 0 Å². The zero-order valence-corrected chi connectivity index (χ0v) is 16.9. The van der Waals surface area contributed by atoms with E-state index in [1.165, 1.54) is 6.21 Å². The van der Waals surface area contributed by atoms with Crippen LogP contribution in [0.1, 0.15) is 30.9 Å². The van der Waals surface area contributed by atoms with Gasteiger partial charge >= 0.3 is 11.8 Å². The molecular weight excluding hydrogens is 401 g/mol. The van der Waals surface area contributed by atoms with E-state index in [0.717, 1.165) is 24.0 Å². The number of benzene rings is 2. The highest BCUT2D eigenvalue weighted by atomic mass is 35.5. The molecule has 0 saturated heterocycles. The van der Waals surface area contributed by atoms with Gasteiger partial charge in [0, 0.05) is 22.2 Å². The lowest BCUT2D eigenvalue weighted by Gasteiger charge is -2.08. The lowest BCUT2D eigenvalue weighted by molar-refractivity contribution is -0.139. The molecule has 0 aromatic heterocycles. The molecule has 0 atom stereocenters. The van der Waals surface area contributed by atoms with Crippen molar-refractivity contribution in [2.24, 2.45) is 5.10 Å². The third-order valence-corrected chi connectivity index (χ3v) is 4.28. The molecule has 8 heteroatoms. The Kier molecular flexibility index (Phi) is 8.78. The van der Waals surface area contributed by atoms with Gasteiger partial charge < -0.3 is 10.1 Å². The van der Waals surface area contributed by atoms with Crippen molar-refractivity contribution in [3.63, 3.8) is 0 Å². The number of carbonyl (C=O) groups is 2. The molecule has 0 aliphatic rings. The van der Waals surface area contributed by atoms with Gasteiger partial charge in [-0.25, -0.2) is 5.43 Å².